The van der Waals surface area contributed by atoms with Gasteiger partial charge in [-0.2, -0.15) is 13.2 Å². The van der Waals surface area contributed by atoms with Gasteiger partial charge in [-0.15, -0.1) is 0 Å². The fourth-order valence-electron chi connectivity index (χ4n) is 1.53. The Morgan fingerprint density at radius 2 is 2.00 bits per heavy atom. The van der Waals surface area contributed by atoms with E-state index in [1.165, 1.54) is 18.2 Å². The summed E-state index contributed by atoms with van der Waals surface area (Å²) in [4.78, 5) is 10.4. The molecule has 0 amide bonds. The van der Waals surface area contributed by atoms with Crippen LogP contribution in [-0.2, 0) is 4.74 Å². The highest BCUT2D eigenvalue weighted by molar-refractivity contribution is 5.66. The van der Waals surface area contributed by atoms with Gasteiger partial charge in [0.15, 0.2) is 5.76 Å². The van der Waals surface area contributed by atoms with Crippen molar-refractivity contribution in [1.82, 2.24) is 0 Å². The van der Waals surface area contributed by atoms with Crippen LogP contribution >= 0.6 is 0 Å². The number of para-hydroxylation sites is 1. The molecule has 0 spiro atoms. The van der Waals surface area contributed by atoms with E-state index in [2.05, 4.69) is 4.74 Å². The van der Waals surface area contributed by atoms with Crippen LogP contribution in [0.2, 0.25) is 0 Å². The van der Waals surface area contributed by atoms with Crippen LogP contribution in [0.4, 0.5) is 18.0 Å². The molecule has 1 aliphatic heterocycles. The highest BCUT2D eigenvalue weighted by atomic mass is 19.4. The molecule has 7 heteroatoms. The molecule has 1 unspecified atom stereocenters. The molecule has 1 heterocycles. The summed E-state index contributed by atoms with van der Waals surface area (Å²) in [5, 5.41) is 8.41. The predicted molar refractivity (Wildman–Crippen MR) is 54.0 cm³/mol. The number of carbonyl (C=O) groups is 1. The number of carboxylic acid groups (broad SMARTS) is 1. The molecule has 0 fully saturated rings. The van der Waals surface area contributed by atoms with Crippen molar-refractivity contribution in [3.05, 3.63) is 35.6 Å². The van der Waals surface area contributed by atoms with Gasteiger partial charge in [0.2, 0.25) is 0 Å². The van der Waals surface area contributed by atoms with Crippen LogP contribution in [0.1, 0.15) is 5.56 Å². The second-order valence-corrected chi connectivity index (χ2v) is 3.49. The fourth-order valence-corrected chi connectivity index (χ4v) is 1.53. The number of ether oxygens (including phenoxy) is 2. The minimum absolute atomic E-state index is 0.0255. The Hall–Kier alpha value is -2.18. The number of hydrogen-bond donors (Lipinski definition) is 1. The van der Waals surface area contributed by atoms with E-state index in [1.54, 1.807) is 6.07 Å². The fraction of sp³-hybridized carbons (Fsp3) is 0.182. The van der Waals surface area contributed by atoms with E-state index in [-0.39, 0.29) is 5.75 Å². The summed E-state index contributed by atoms with van der Waals surface area (Å²) < 4.78 is 46.9. The summed E-state index contributed by atoms with van der Waals surface area (Å²) in [5.41, 5.74) is 0.328. The van der Waals surface area contributed by atoms with Crippen molar-refractivity contribution in [3.8, 4) is 5.75 Å². The number of fused-ring (bicyclic) bond motifs is 1. The summed E-state index contributed by atoms with van der Waals surface area (Å²) in [6.07, 6.45) is -7.98. The first kappa shape index (κ1) is 12.3. The average Bonchev–Trinajstić information content (AvgIpc) is 2.26. The first-order valence-electron chi connectivity index (χ1n) is 4.82. The van der Waals surface area contributed by atoms with Crippen molar-refractivity contribution in [3.63, 3.8) is 0 Å². The number of alkyl halides is 3. The maximum Gasteiger partial charge on any atom is 0.511 e. The van der Waals surface area contributed by atoms with Crippen molar-refractivity contribution in [2.45, 2.75) is 12.3 Å². The lowest BCUT2D eigenvalue weighted by Gasteiger charge is -2.27. The van der Waals surface area contributed by atoms with Crippen molar-refractivity contribution in [2.24, 2.45) is 0 Å². The van der Waals surface area contributed by atoms with Gasteiger partial charge in [-0.05, 0) is 12.1 Å². The SMILES string of the molecule is O=C(O)OC1=Cc2ccccc2OC1C(F)(F)F. The minimum Gasteiger partial charge on any atom is -0.472 e. The van der Waals surface area contributed by atoms with Gasteiger partial charge < -0.3 is 14.6 Å². The summed E-state index contributed by atoms with van der Waals surface area (Å²) in [5.74, 6) is -0.772. The molecule has 0 bridgehead atoms. The Morgan fingerprint density at radius 1 is 1.33 bits per heavy atom. The Bertz CT molecular complexity index is 507. The van der Waals surface area contributed by atoms with Gasteiger partial charge in [-0.3, -0.25) is 0 Å². The largest absolute Gasteiger partial charge is 0.511 e. The van der Waals surface area contributed by atoms with Crippen molar-refractivity contribution in [1.29, 1.82) is 0 Å². The smallest absolute Gasteiger partial charge is 0.472 e. The molecule has 4 nitrogen and oxygen atoms in total. The molecule has 18 heavy (non-hydrogen) atoms. The predicted octanol–water partition coefficient (Wildman–Crippen LogP) is 3.05. The van der Waals surface area contributed by atoms with E-state index in [0.717, 1.165) is 6.08 Å². The van der Waals surface area contributed by atoms with Crippen LogP contribution in [0.3, 0.4) is 0 Å². The monoisotopic (exact) mass is 260 g/mol. The summed E-state index contributed by atoms with van der Waals surface area (Å²) in [6, 6.07) is 5.96. The van der Waals surface area contributed by atoms with Gasteiger partial charge in [0.1, 0.15) is 5.75 Å². The van der Waals surface area contributed by atoms with E-state index in [4.69, 9.17) is 9.84 Å². The van der Waals surface area contributed by atoms with Crippen molar-refractivity contribution < 1.29 is 32.5 Å². The third-order valence-electron chi connectivity index (χ3n) is 2.22. The highest BCUT2D eigenvalue weighted by Crippen LogP contribution is 2.37. The molecule has 0 radical (unpaired) electrons. The van der Waals surface area contributed by atoms with Gasteiger partial charge in [0.25, 0.3) is 6.10 Å². The second-order valence-electron chi connectivity index (χ2n) is 3.49. The third-order valence-corrected chi connectivity index (χ3v) is 2.22. The first-order valence-corrected chi connectivity index (χ1v) is 4.82. The number of benzene rings is 1. The van der Waals surface area contributed by atoms with Crippen LogP contribution in [0.25, 0.3) is 6.08 Å². The molecule has 2 rings (SSSR count). The van der Waals surface area contributed by atoms with Gasteiger partial charge in [0.05, 0.1) is 0 Å². The van der Waals surface area contributed by atoms with Crippen molar-refractivity contribution in [2.75, 3.05) is 0 Å². The molecule has 0 saturated carbocycles. The molecule has 96 valence electrons. The van der Waals surface area contributed by atoms with Crippen LogP contribution < -0.4 is 4.74 Å². The molecule has 0 aromatic heterocycles. The Morgan fingerprint density at radius 3 is 2.61 bits per heavy atom. The van der Waals surface area contributed by atoms with Crippen LogP contribution in [0.5, 0.6) is 5.75 Å². The lowest BCUT2D eigenvalue weighted by Crippen LogP contribution is -2.39. The highest BCUT2D eigenvalue weighted by Gasteiger charge is 2.48. The van der Waals surface area contributed by atoms with Gasteiger partial charge in [-0.1, -0.05) is 18.2 Å². The molecule has 1 aliphatic rings. The lowest BCUT2D eigenvalue weighted by molar-refractivity contribution is -0.191. The molecule has 1 atom stereocenters. The summed E-state index contributed by atoms with van der Waals surface area (Å²) in [7, 11) is 0. The zero-order valence-electron chi connectivity index (χ0n) is 8.77. The molecule has 0 saturated heterocycles. The lowest BCUT2D eigenvalue weighted by atomic mass is 10.1. The molecule has 1 aromatic carbocycles. The van der Waals surface area contributed by atoms with Gasteiger partial charge in [0, 0.05) is 5.56 Å². The van der Waals surface area contributed by atoms with Gasteiger partial charge in [-0.25, -0.2) is 4.79 Å². The average molecular weight is 260 g/mol. The number of hydrogen-bond acceptors (Lipinski definition) is 3. The maximum atomic E-state index is 12.7. The Labute approximate surface area is 99.2 Å². The molecule has 1 aromatic rings. The second kappa shape index (κ2) is 4.25. The Kier molecular flexibility index (Phi) is 2.90. The van der Waals surface area contributed by atoms with Crippen molar-refractivity contribution >= 4 is 12.2 Å². The number of halogens is 3. The maximum absolute atomic E-state index is 12.7. The normalized spacial score (nSPS) is 18.4. The van der Waals surface area contributed by atoms with Crippen LogP contribution in [0.15, 0.2) is 30.0 Å². The first-order chi connectivity index (χ1) is 8.38. The zero-order valence-corrected chi connectivity index (χ0v) is 8.77. The van der Waals surface area contributed by atoms with E-state index < -0.39 is 24.2 Å². The van der Waals surface area contributed by atoms with E-state index in [0.29, 0.717) is 5.56 Å². The summed E-state index contributed by atoms with van der Waals surface area (Å²) in [6.45, 7) is 0. The van der Waals surface area contributed by atoms with Gasteiger partial charge >= 0.3 is 12.3 Å². The van der Waals surface area contributed by atoms with E-state index in [1.807, 2.05) is 0 Å². The molecule has 1 N–H and O–H groups in total. The quantitative estimate of drug-likeness (QED) is 0.788. The zero-order chi connectivity index (χ0) is 13.3. The molecular weight excluding hydrogens is 253 g/mol. The minimum atomic E-state index is -4.76. The molecular formula is C11H7F3O4. The van der Waals surface area contributed by atoms with E-state index >= 15 is 0 Å². The van der Waals surface area contributed by atoms with Crippen LogP contribution in [0, 0.1) is 0 Å². The third kappa shape index (κ3) is 2.39. The standard InChI is InChI=1S/C11H7F3O4/c12-11(13,14)9-8(18-10(15)16)5-6-3-1-2-4-7(6)17-9/h1-5,9H,(H,15,16). The summed E-state index contributed by atoms with van der Waals surface area (Å²) >= 11 is 0. The van der Waals surface area contributed by atoms with Crippen LogP contribution in [-0.4, -0.2) is 23.5 Å². The topological polar surface area (TPSA) is 55.8 Å². The number of rotatable bonds is 1. The Balaban J connectivity index is 2.42. The molecule has 0 aliphatic carbocycles. The van der Waals surface area contributed by atoms with E-state index in [9.17, 15) is 18.0 Å².